The zero-order valence-corrected chi connectivity index (χ0v) is 18.2. The van der Waals surface area contributed by atoms with Gasteiger partial charge in [0, 0.05) is 25.7 Å². The number of hydrazine groups is 1. The zero-order valence-electron chi connectivity index (χ0n) is 17.4. The van der Waals surface area contributed by atoms with Crippen molar-refractivity contribution in [1.29, 1.82) is 0 Å². The van der Waals surface area contributed by atoms with Crippen LogP contribution in [0.15, 0.2) is 28.9 Å². The number of aromatic nitrogens is 3. The molecule has 0 amide bonds. The SMILES string of the molecule is CC(C)Oc1ncc(-c2nc(-c3cc4c(cc3F)NN(CCCC(=O)O)C4)no2)cc1Cl. The number of hydrogen-bond donors (Lipinski definition) is 2. The van der Waals surface area contributed by atoms with E-state index in [1.165, 1.54) is 12.3 Å². The van der Waals surface area contributed by atoms with E-state index < -0.39 is 11.8 Å². The number of carboxylic acids is 1. The lowest BCUT2D eigenvalue weighted by molar-refractivity contribution is -0.137. The molecular formula is C21H21ClFN5O4. The van der Waals surface area contributed by atoms with Gasteiger partial charge in [0.15, 0.2) is 0 Å². The Morgan fingerprint density at radius 1 is 1.41 bits per heavy atom. The van der Waals surface area contributed by atoms with Crippen molar-refractivity contribution in [2.24, 2.45) is 0 Å². The summed E-state index contributed by atoms with van der Waals surface area (Å²) in [5.74, 6) is -0.799. The van der Waals surface area contributed by atoms with Gasteiger partial charge in [0.05, 0.1) is 22.9 Å². The number of halogens is 2. The average molecular weight is 462 g/mol. The molecule has 9 nitrogen and oxygen atoms in total. The Morgan fingerprint density at radius 2 is 2.22 bits per heavy atom. The van der Waals surface area contributed by atoms with Crippen LogP contribution in [0.5, 0.6) is 5.88 Å². The maximum Gasteiger partial charge on any atom is 0.303 e. The molecule has 11 heteroatoms. The molecule has 1 aliphatic heterocycles. The van der Waals surface area contributed by atoms with Gasteiger partial charge in [-0.25, -0.2) is 14.4 Å². The van der Waals surface area contributed by atoms with Crippen molar-refractivity contribution >= 4 is 23.3 Å². The van der Waals surface area contributed by atoms with Crippen molar-refractivity contribution in [2.75, 3.05) is 12.0 Å². The van der Waals surface area contributed by atoms with Crippen LogP contribution in [0.1, 0.15) is 32.3 Å². The monoisotopic (exact) mass is 461 g/mol. The van der Waals surface area contributed by atoms with Crippen molar-refractivity contribution in [3.8, 4) is 28.7 Å². The maximum atomic E-state index is 14.8. The normalized spacial score (nSPS) is 13.3. The molecule has 0 bridgehead atoms. The van der Waals surface area contributed by atoms with Crippen molar-refractivity contribution in [3.63, 3.8) is 0 Å². The van der Waals surface area contributed by atoms with Gasteiger partial charge < -0.3 is 19.8 Å². The highest BCUT2D eigenvalue weighted by Crippen LogP contribution is 2.33. The zero-order chi connectivity index (χ0) is 22.8. The smallest absolute Gasteiger partial charge is 0.303 e. The topological polar surface area (TPSA) is 114 Å². The van der Waals surface area contributed by atoms with E-state index in [1.54, 1.807) is 12.1 Å². The van der Waals surface area contributed by atoms with E-state index in [-0.39, 0.29) is 29.8 Å². The highest BCUT2D eigenvalue weighted by atomic mass is 35.5. The first-order valence-electron chi connectivity index (χ1n) is 10.0. The molecule has 0 aliphatic carbocycles. The highest BCUT2D eigenvalue weighted by molar-refractivity contribution is 6.32. The molecule has 0 unspecified atom stereocenters. The minimum Gasteiger partial charge on any atom is -0.481 e. The van der Waals surface area contributed by atoms with Gasteiger partial charge in [0.1, 0.15) is 10.8 Å². The Kier molecular flexibility index (Phi) is 6.24. The van der Waals surface area contributed by atoms with Gasteiger partial charge in [0.25, 0.3) is 5.89 Å². The molecule has 0 fully saturated rings. The third kappa shape index (κ3) is 4.81. The average Bonchev–Trinajstić information content (AvgIpc) is 3.35. The van der Waals surface area contributed by atoms with E-state index in [1.807, 2.05) is 18.9 Å². The molecule has 0 radical (unpaired) electrons. The van der Waals surface area contributed by atoms with E-state index >= 15 is 0 Å². The molecule has 0 saturated heterocycles. The lowest BCUT2D eigenvalue weighted by Crippen LogP contribution is -2.25. The van der Waals surface area contributed by atoms with Crippen molar-refractivity contribution < 1.29 is 23.6 Å². The fourth-order valence-electron chi connectivity index (χ4n) is 3.30. The Bertz CT molecular complexity index is 1150. The molecule has 2 N–H and O–H groups in total. The number of aliphatic carboxylic acids is 1. The van der Waals surface area contributed by atoms with Crippen LogP contribution in [0, 0.1) is 5.82 Å². The summed E-state index contributed by atoms with van der Waals surface area (Å²) in [7, 11) is 0. The Labute approximate surface area is 188 Å². The van der Waals surface area contributed by atoms with Crippen molar-refractivity contribution in [1.82, 2.24) is 20.1 Å². The largest absolute Gasteiger partial charge is 0.481 e. The van der Waals surface area contributed by atoms with E-state index in [9.17, 15) is 9.18 Å². The second kappa shape index (κ2) is 9.09. The van der Waals surface area contributed by atoms with Crippen LogP contribution in [0.2, 0.25) is 5.02 Å². The summed E-state index contributed by atoms with van der Waals surface area (Å²) in [6, 6.07) is 4.63. The Balaban J connectivity index is 1.52. The number of benzene rings is 1. The van der Waals surface area contributed by atoms with E-state index in [0.717, 1.165) is 5.56 Å². The molecule has 1 aromatic carbocycles. The van der Waals surface area contributed by atoms with E-state index in [2.05, 4.69) is 20.6 Å². The number of nitrogens with zero attached hydrogens (tertiary/aromatic N) is 4. The number of ether oxygens (including phenoxy) is 1. The van der Waals surface area contributed by atoms with Gasteiger partial charge in [-0.05, 0) is 44.0 Å². The van der Waals surface area contributed by atoms with Crippen LogP contribution < -0.4 is 10.2 Å². The molecule has 3 heterocycles. The van der Waals surface area contributed by atoms with Gasteiger partial charge >= 0.3 is 5.97 Å². The highest BCUT2D eigenvalue weighted by Gasteiger charge is 2.23. The quantitative estimate of drug-likeness (QED) is 0.504. The molecule has 168 valence electrons. The van der Waals surface area contributed by atoms with Gasteiger partial charge in [0.2, 0.25) is 11.7 Å². The first-order valence-corrected chi connectivity index (χ1v) is 10.4. The lowest BCUT2D eigenvalue weighted by atomic mass is 10.1. The van der Waals surface area contributed by atoms with E-state index in [4.69, 9.17) is 26.0 Å². The van der Waals surface area contributed by atoms with Gasteiger partial charge in [-0.2, -0.15) is 4.98 Å². The van der Waals surface area contributed by atoms with Crippen molar-refractivity contribution in [3.05, 3.63) is 40.8 Å². The third-order valence-electron chi connectivity index (χ3n) is 4.72. The number of nitrogens with one attached hydrogen (secondary N) is 1. The predicted octanol–water partition coefficient (Wildman–Crippen LogP) is 4.39. The third-order valence-corrected chi connectivity index (χ3v) is 4.99. The van der Waals surface area contributed by atoms with Crippen LogP contribution in [0.25, 0.3) is 22.8 Å². The fraction of sp³-hybridized carbons (Fsp3) is 0.333. The molecule has 3 aromatic rings. The summed E-state index contributed by atoms with van der Waals surface area (Å²) in [5.41, 5.74) is 5.25. The number of carbonyl (C=O) groups is 1. The molecular weight excluding hydrogens is 441 g/mol. The predicted molar refractivity (Wildman–Crippen MR) is 115 cm³/mol. The fourth-order valence-corrected chi connectivity index (χ4v) is 3.51. The van der Waals surface area contributed by atoms with Gasteiger partial charge in [-0.3, -0.25) is 4.79 Å². The number of fused-ring (bicyclic) bond motifs is 1. The standard InChI is InChI=1S/C21H21ClFN5O4/c1-11(2)31-21-15(22)7-12(9-24-21)20-25-19(27-32-20)14-6-13-10-28(5-3-4-18(29)30)26-17(13)8-16(14)23/h6-9,11,26H,3-5,10H2,1-2H3,(H,29,30). The first-order chi connectivity index (χ1) is 15.3. The summed E-state index contributed by atoms with van der Waals surface area (Å²) in [5, 5.41) is 14.8. The molecule has 0 atom stereocenters. The second-order valence-corrected chi connectivity index (χ2v) is 8.03. The molecule has 1 aliphatic rings. The van der Waals surface area contributed by atoms with Crippen LogP contribution in [0.4, 0.5) is 10.1 Å². The summed E-state index contributed by atoms with van der Waals surface area (Å²) in [6.07, 6.45) is 1.98. The molecule has 4 rings (SSSR count). The van der Waals surface area contributed by atoms with Gasteiger partial charge in [-0.1, -0.05) is 16.8 Å². The van der Waals surface area contributed by atoms with Crippen LogP contribution in [0.3, 0.4) is 0 Å². The molecule has 0 spiro atoms. The van der Waals surface area contributed by atoms with Gasteiger partial charge in [-0.15, -0.1) is 0 Å². The first kappa shape index (κ1) is 22.0. The summed E-state index contributed by atoms with van der Waals surface area (Å²) in [4.78, 5) is 19.2. The number of hydrogen-bond acceptors (Lipinski definition) is 8. The Morgan fingerprint density at radius 3 is 2.94 bits per heavy atom. The maximum absolute atomic E-state index is 14.8. The number of carboxylic acid groups (broad SMARTS) is 1. The second-order valence-electron chi connectivity index (χ2n) is 7.62. The Hall–Kier alpha value is -3.24. The number of anilines is 1. The van der Waals surface area contributed by atoms with Crippen LogP contribution >= 0.6 is 11.6 Å². The summed E-state index contributed by atoms with van der Waals surface area (Å²) in [6.45, 7) is 4.76. The summed E-state index contributed by atoms with van der Waals surface area (Å²) < 4.78 is 25.6. The van der Waals surface area contributed by atoms with Crippen molar-refractivity contribution in [2.45, 2.75) is 39.3 Å². The molecule has 0 saturated carbocycles. The van der Waals surface area contributed by atoms with E-state index in [0.29, 0.717) is 41.7 Å². The minimum absolute atomic E-state index is 0.0726. The summed E-state index contributed by atoms with van der Waals surface area (Å²) >= 11 is 6.22. The van der Waals surface area contributed by atoms with Crippen LogP contribution in [-0.2, 0) is 11.3 Å². The number of rotatable bonds is 8. The molecule has 2 aromatic heterocycles. The minimum atomic E-state index is -0.846. The lowest BCUT2D eigenvalue weighted by Gasteiger charge is -2.14. The number of pyridine rings is 1. The molecule has 32 heavy (non-hydrogen) atoms. The van der Waals surface area contributed by atoms with Crippen LogP contribution in [-0.4, -0.2) is 43.9 Å².